The van der Waals surface area contributed by atoms with Crippen LogP contribution in [0.5, 0.6) is 0 Å². The highest BCUT2D eigenvalue weighted by Crippen LogP contribution is 2.47. The molecule has 0 aromatic carbocycles. The van der Waals surface area contributed by atoms with Gasteiger partial charge < -0.3 is 9.47 Å². The molecule has 2 heteroatoms. The molecule has 3 rings (SSSR count). The van der Waals surface area contributed by atoms with Gasteiger partial charge in [0.15, 0.2) is 5.79 Å². The summed E-state index contributed by atoms with van der Waals surface area (Å²) >= 11 is 0. The predicted octanol–water partition coefficient (Wildman–Crippen LogP) is 6.89. The highest BCUT2D eigenvalue weighted by atomic mass is 16.7. The third-order valence-electron chi connectivity index (χ3n) is 7.51. The van der Waals surface area contributed by atoms with Gasteiger partial charge in [-0.1, -0.05) is 31.8 Å². The summed E-state index contributed by atoms with van der Waals surface area (Å²) in [7, 11) is 0. The van der Waals surface area contributed by atoms with Crippen LogP contribution in [0.15, 0.2) is 12.2 Å². The first-order valence-corrected chi connectivity index (χ1v) is 11.5. The molecule has 0 N–H and O–H groups in total. The van der Waals surface area contributed by atoms with Crippen molar-refractivity contribution in [3.63, 3.8) is 0 Å². The lowest BCUT2D eigenvalue weighted by Crippen LogP contribution is -2.48. The summed E-state index contributed by atoms with van der Waals surface area (Å²) in [4.78, 5) is 0. The number of ether oxygens (including phenoxy) is 2. The van der Waals surface area contributed by atoms with Gasteiger partial charge in [-0.3, -0.25) is 0 Å². The van der Waals surface area contributed by atoms with Crippen LogP contribution in [0.4, 0.5) is 0 Å². The second-order valence-electron chi connectivity index (χ2n) is 9.50. The number of hydrogen-bond donors (Lipinski definition) is 0. The van der Waals surface area contributed by atoms with E-state index >= 15 is 0 Å². The van der Waals surface area contributed by atoms with E-state index in [2.05, 4.69) is 20.4 Å². The standard InChI is InChI=1S/C24H42O2/c1-4-16-24(25-17-5-18-26-24)23-14-12-22(13-15-23)21-10-8-20(9-11-21)7-6-19(2)3/h20-23H,2,4-18H2,1,3H3. The molecule has 0 unspecified atom stereocenters. The van der Waals surface area contributed by atoms with E-state index in [-0.39, 0.29) is 5.79 Å². The average Bonchev–Trinajstić information content (AvgIpc) is 2.68. The van der Waals surface area contributed by atoms with Crippen molar-refractivity contribution in [2.24, 2.45) is 23.7 Å². The first-order chi connectivity index (χ1) is 12.6. The van der Waals surface area contributed by atoms with Crippen LogP contribution >= 0.6 is 0 Å². The lowest BCUT2D eigenvalue weighted by atomic mass is 9.67. The third-order valence-corrected chi connectivity index (χ3v) is 7.51. The van der Waals surface area contributed by atoms with Crippen LogP contribution in [-0.4, -0.2) is 19.0 Å². The first kappa shape index (κ1) is 20.4. The van der Waals surface area contributed by atoms with Crippen molar-refractivity contribution in [2.75, 3.05) is 13.2 Å². The molecule has 1 saturated heterocycles. The Hall–Kier alpha value is -0.340. The summed E-state index contributed by atoms with van der Waals surface area (Å²) < 4.78 is 12.5. The number of allylic oxidation sites excluding steroid dienone is 1. The Morgan fingerprint density at radius 1 is 0.923 bits per heavy atom. The molecule has 2 saturated carbocycles. The van der Waals surface area contributed by atoms with Gasteiger partial charge in [0.25, 0.3) is 0 Å². The van der Waals surface area contributed by atoms with Gasteiger partial charge in [0.05, 0.1) is 13.2 Å². The molecule has 0 aromatic heterocycles. The van der Waals surface area contributed by atoms with E-state index in [1.165, 1.54) is 69.8 Å². The molecule has 2 aliphatic carbocycles. The highest BCUT2D eigenvalue weighted by molar-refractivity contribution is 4.91. The minimum absolute atomic E-state index is 0.238. The molecule has 0 bridgehead atoms. The Balaban J connectivity index is 1.44. The second kappa shape index (κ2) is 9.73. The van der Waals surface area contributed by atoms with E-state index in [1.54, 1.807) is 0 Å². The maximum Gasteiger partial charge on any atom is 0.171 e. The third kappa shape index (κ3) is 5.13. The van der Waals surface area contributed by atoms with Gasteiger partial charge in [-0.15, -0.1) is 6.58 Å². The van der Waals surface area contributed by atoms with Crippen molar-refractivity contribution in [1.82, 2.24) is 0 Å². The Bertz CT molecular complexity index is 416. The van der Waals surface area contributed by atoms with Gasteiger partial charge in [0.1, 0.15) is 0 Å². The Morgan fingerprint density at radius 3 is 2.04 bits per heavy atom. The van der Waals surface area contributed by atoms with Crippen molar-refractivity contribution < 1.29 is 9.47 Å². The lowest BCUT2D eigenvalue weighted by molar-refractivity contribution is -0.302. The van der Waals surface area contributed by atoms with Crippen molar-refractivity contribution >= 4 is 0 Å². The molecule has 150 valence electrons. The zero-order valence-corrected chi connectivity index (χ0v) is 17.4. The molecule has 1 heterocycles. The van der Waals surface area contributed by atoms with Gasteiger partial charge in [0.2, 0.25) is 0 Å². The molecule has 0 aromatic rings. The maximum atomic E-state index is 6.26. The van der Waals surface area contributed by atoms with E-state index in [9.17, 15) is 0 Å². The van der Waals surface area contributed by atoms with Gasteiger partial charge in [-0.2, -0.15) is 0 Å². The molecule has 2 nitrogen and oxygen atoms in total. The molecule has 3 aliphatic rings. The smallest absolute Gasteiger partial charge is 0.171 e. The van der Waals surface area contributed by atoms with Crippen LogP contribution in [0.2, 0.25) is 0 Å². The summed E-state index contributed by atoms with van der Waals surface area (Å²) in [6.45, 7) is 10.3. The van der Waals surface area contributed by atoms with Crippen LogP contribution in [0.3, 0.4) is 0 Å². The van der Waals surface area contributed by atoms with E-state index in [1.807, 2.05) is 0 Å². The zero-order valence-electron chi connectivity index (χ0n) is 17.4. The van der Waals surface area contributed by atoms with Crippen molar-refractivity contribution in [3.05, 3.63) is 12.2 Å². The molecule has 3 fully saturated rings. The van der Waals surface area contributed by atoms with Gasteiger partial charge in [-0.05, 0) is 82.5 Å². The van der Waals surface area contributed by atoms with Crippen LogP contribution in [-0.2, 0) is 9.47 Å². The molecule has 0 amide bonds. The van der Waals surface area contributed by atoms with Crippen LogP contribution in [0, 0.1) is 23.7 Å². The lowest BCUT2D eigenvalue weighted by Gasteiger charge is -2.47. The Kier molecular flexibility index (Phi) is 7.64. The fraction of sp³-hybridized carbons (Fsp3) is 0.917. The Morgan fingerprint density at radius 2 is 1.50 bits per heavy atom. The summed E-state index contributed by atoms with van der Waals surface area (Å²) in [5.41, 5.74) is 1.36. The van der Waals surface area contributed by atoms with Gasteiger partial charge in [0, 0.05) is 12.3 Å². The molecule has 0 atom stereocenters. The predicted molar refractivity (Wildman–Crippen MR) is 109 cm³/mol. The van der Waals surface area contributed by atoms with Gasteiger partial charge >= 0.3 is 0 Å². The maximum absolute atomic E-state index is 6.26. The zero-order chi connectivity index (χ0) is 18.4. The summed E-state index contributed by atoms with van der Waals surface area (Å²) in [5, 5.41) is 0. The normalized spacial score (nSPS) is 35.2. The molecule has 26 heavy (non-hydrogen) atoms. The van der Waals surface area contributed by atoms with E-state index in [4.69, 9.17) is 9.47 Å². The van der Waals surface area contributed by atoms with Crippen molar-refractivity contribution in [2.45, 2.75) is 103 Å². The second-order valence-corrected chi connectivity index (χ2v) is 9.50. The van der Waals surface area contributed by atoms with Crippen LogP contribution in [0.1, 0.15) is 97.3 Å². The molecular formula is C24H42O2. The number of rotatable bonds is 7. The van der Waals surface area contributed by atoms with Gasteiger partial charge in [-0.25, -0.2) is 0 Å². The molecule has 0 radical (unpaired) electrons. The van der Waals surface area contributed by atoms with Crippen LogP contribution in [0.25, 0.3) is 0 Å². The largest absolute Gasteiger partial charge is 0.350 e. The molecular weight excluding hydrogens is 320 g/mol. The van der Waals surface area contributed by atoms with Crippen molar-refractivity contribution in [3.8, 4) is 0 Å². The van der Waals surface area contributed by atoms with E-state index < -0.39 is 0 Å². The summed E-state index contributed by atoms with van der Waals surface area (Å²) in [6.07, 6.45) is 17.2. The fourth-order valence-electron chi connectivity index (χ4n) is 5.95. The number of hydrogen-bond acceptors (Lipinski definition) is 2. The first-order valence-electron chi connectivity index (χ1n) is 11.5. The van der Waals surface area contributed by atoms with E-state index in [0.717, 1.165) is 50.2 Å². The quantitative estimate of drug-likeness (QED) is 0.459. The fourth-order valence-corrected chi connectivity index (χ4v) is 5.95. The Labute approximate surface area is 162 Å². The SMILES string of the molecule is C=C(C)CCC1CCC(C2CCC(C3(CCC)OCCCO3)CC2)CC1. The van der Waals surface area contributed by atoms with E-state index in [0.29, 0.717) is 5.92 Å². The summed E-state index contributed by atoms with van der Waals surface area (Å²) in [6, 6.07) is 0. The monoisotopic (exact) mass is 362 g/mol. The molecule has 0 spiro atoms. The average molecular weight is 363 g/mol. The highest BCUT2D eigenvalue weighted by Gasteiger charge is 2.44. The minimum atomic E-state index is -0.238. The van der Waals surface area contributed by atoms with Crippen molar-refractivity contribution in [1.29, 1.82) is 0 Å². The minimum Gasteiger partial charge on any atom is -0.350 e. The molecule has 1 aliphatic heterocycles. The topological polar surface area (TPSA) is 18.5 Å². The summed E-state index contributed by atoms with van der Waals surface area (Å²) in [5.74, 6) is 3.32. The van der Waals surface area contributed by atoms with Crippen LogP contribution < -0.4 is 0 Å².